The standard InChI is InChI=1S/C23H25Cl2N3O3/c24-20-8-7-19(13-21(20)25)31-18-6-3-4-16(12-18)14-27-15-22(29)28(23(27)30)11-9-17-5-1-2-10-26-17/h3-4,6-8,12-13,17,26H,1-2,5,9-11,14-15H2. The van der Waals surface area contributed by atoms with Crippen LogP contribution in [0.4, 0.5) is 4.79 Å². The smallest absolute Gasteiger partial charge is 0.327 e. The summed E-state index contributed by atoms with van der Waals surface area (Å²) in [5.74, 6) is 1.06. The van der Waals surface area contributed by atoms with Crippen LogP contribution < -0.4 is 10.1 Å². The van der Waals surface area contributed by atoms with Crippen LogP contribution in [0, 0.1) is 0 Å². The van der Waals surface area contributed by atoms with E-state index in [1.165, 1.54) is 17.7 Å². The molecule has 0 saturated carbocycles. The number of halogens is 2. The summed E-state index contributed by atoms with van der Waals surface area (Å²) in [6.45, 7) is 1.93. The van der Waals surface area contributed by atoms with Gasteiger partial charge in [0.25, 0.3) is 0 Å². The van der Waals surface area contributed by atoms with Crippen LogP contribution in [0.25, 0.3) is 0 Å². The zero-order valence-corrected chi connectivity index (χ0v) is 18.7. The summed E-state index contributed by atoms with van der Waals surface area (Å²) in [7, 11) is 0. The van der Waals surface area contributed by atoms with Gasteiger partial charge in [-0.2, -0.15) is 0 Å². The predicted octanol–water partition coefficient (Wildman–Crippen LogP) is 5.08. The lowest BCUT2D eigenvalue weighted by atomic mass is 10.0. The SMILES string of the molecule is O=C1CN(Cc2cccc(Oc3ccc(Cl)c(Cl)c3)c2)C(=O)N1CCC1CCCCN1. The van der Waals surface area contributed by atoms with E-state index in [2.05, 4.69) is 5.32 Å². The molecule has 2 aliphatic rings. The molecule has 2 aromatic carbocycles. The quantitative estimate of drug-likeness (QED) is 0.583. The molecule has 2 aliphatic heterocycles. The van der Waals surface area contributed by atoms with Crippen molar-refractivity contribution in [2.45, 2.75) is 38.3 Å². The summed E-state index contributed by atoms with van der Waals surface area (Å²) in [5.41, 5.74) is 0.884. The Hall–Kier alpha value is -2.28. The van der Waals surface area contributed by atoms with Gasteiger partial charge in [-0.05, 0) is 55.6 Å². The van der Waals surface area contributed by atoms with Crippen LogP contribution in [-0.4, -0.2) is 47.4 Å². The molecule has 2 saturated heterocycles. The van der Waals surface area contributed by atoms with Crippen molar-refractivity contribution in [1.29, 1.82) is 0 Å². The average Bonchev–Trinajstić information content (AvgIpc) is 3.03. The minimum absolute atomic E-state index is 0.106. The van der Waals surface area contributed by atoms with E-state index in [0.717, 1.165) is 24.9 Å². The summed E-state index contributed by atoms with van der Waals surface area (Å²) < 4.78 is 5.86. The maximum Gasteiger partial charge on any atom is 0.327 e. The van der Waals surface area contributed by atoms with E-state index in [4.69, 9.17) is 27.9 Å². The predicted molar refractivity (Wildman–Crippen MR) is 121 cm³/mol. The van der Waals surface area contributed by atoms with Gasteiger partial charge >= 0.3 is 6.03 Å². The third-order valence-electron chi connectivity index (χ3n) is 5.64. The van der Waals surface area contributed by atoms with E-state index < -0.39 is 0 Å². The Labute approximate surface area is 192 Å². The first-order valence-electron chi connectivity index (χ1n) is 10.5. The highest BCUT2D eigenvalue weighted by Crippen LogP contribution is 2.30. The molecule has 1 atom stereocenters. The number of hydrogen-bond acceptors (Lipinski definition) is 4. The van der Waals surface area contributed by atoms with E-state index >= 15 is 0 Å². The number of urea groups is 1. The van der Waals surface area contributed by atoms with E-state index in [1.54, 1.807) is 23.1 Å². The van der Waals surface area contributed by atoms with Crippen LogP contribution >= 0.6 is 23.2 Å². The molecule has 2 fully saturated rings. The van der Waals surface area contributed by atoms with Crippen LogP contribution in [0.1, 0.15) is 31.2 Å². The van der Waals surface area contributed by atoms with Crippen molar-refractivity contribution in [2.75, 3.05) is 19.6 Å². The molecule has 1 N–H and O–H groups in total. The van der Waals surface area contributed by atoms with Crippen LogP contribution in [0.3, 0.4) is 0 Å². The van der Waals surface area contributed by atoms with Crippen molar-refractivity contribution in [3.63, 3.8) is 0 Å². The maximum absolute atomic E-state index is 12.8. The van der Waals surface area contributed by atoms with Gasteiger partial charge in [0, 0.05) is 25.2 Å². The Morgan fingerprint density at radius 1 is 1.03 bits per heavy atom. The van der Waals surface area contributed by atoms with Crippen LogP contribution in [0.2, 0.25) is 10.0 Å². The second kappa shape index (κ2) is 9.90. The zero-order chi connectivity index (χ0) is 21.8. The van der Waals surface area contributed by atoms with Crippen LogP contribution in [0.5, 0.6) is 11.5 Å². The lowest BCUT2D eigenvalue weighted by molar-refractivity contribution is -0.125. The van der Waals surface area contributed by atoms with Gasteiger partial charge in [-0.15, -0.1) is 0 Å². The van der Waals surface area contributed by atoms with Gasteiger partial charge < -0.3 is 15.0 Å². The van der Waals surface area contributed by atoms with Gasteiger partial charge in [-0.3, -0.25) is 9.69 Å². The third kappa shape index (κ3) is 5.50. The van der Waals surface area contributed by atoms with Gasteiger partial charge in [-0.25, -0.2) is 4.79 Å². The Kier molecular flexibility index (Phi) is 7.00. The highest BCUT2D eigenvalue weighted by Gasteiger charge is 2.36. The van der Waals surface area contributed by atoms with Crippen molar-refractivity contribution in [3.8, 4) is 11.5 Å². The summed E-state index contributed by atoms with van der Waals surface area (Å²) >= 11 is 12.0. The highest BCUT2D eigenvalue weighted by atomic mass is 35.5. The largest absolute Gasteiger partial charge is 0.457 e. The summed E-state index contributed by atoms with van der Waals surface area (Å²) in [6, 6.07) is 12.7. The van der Waals surface area contributed by atoms with Gasteiger partial charge in [-0.1, -0.05) is 41.8 Å². The van der Waals surface area contributed by atoms with Crippen molar-refractivity contribution >= 4 is 35.1 Å². The summed E-state index contributed by atoms with van der Waals surface area (Å²) in [6.07, 6.45) is 4.30. The fraction of sp³-hybridized carbons (Fsp3) is 0.391. The van der Waals surface area contributed by atoms with Crippen molar-refractivity contribution in [2.24, 2.45) is 0 Å². The second-order valence-electron chi connectivity index (χ2n) is 7.94. The molecule has 6 nitrogen and oxygen atoms in total. The molecule has 164 valence electrons. The fourth-order valence-electron chi connectivity index (χ4n) is 4.00. The van der Waals surface area contributed by atoms with E-state index in [1.807, 2.05) is 24.3 Å². The fourth-order valence-corrected chi connectivity index (χ4v) is 4.29. The Bertz CT molecular complexity index is 963. The number of carbonyl (C=O) groups is 2. The monoisotopic (exact) mass is 461 g/mol. The molecule has 0 aromatic heterocycles. The first-order chi connectivity index (χ1) is 15.0. The Morgan fingerprint density at radius 2 is 1.87 bits per heavy atom. The first kappa shape index (κ1) is 21.9. The molecule has 2 aromatic rings. The molecule has 0 radical (unpaired) electrons. The minimum atomic E-state index is -0.225. The molecule has 0 aliphatic carbocycles. The van der Waals surface area contributed by atoms with Gasteiger partial charge in [0.2, 0.25) is 5.91 Å². The van der Waals surface area contributed by atoms with E-state index in [0.29, 0.717) is 40.7 Å². The number of hydrogen-bond donors (Lipinski definition) is 1. The number of imide groups is 1. The van der Waals surface area contributed by atoms with Crippen molar-refractivity contribution in [1.82, 2.24) is 15.1 Å². The number of nitrogens with zero attached hydrogens (tertiary/aromatic N) is 2. The van der Waals surface area contributed by atoms with Gasteiger partial charge in [0.05, 0.1) is 10.0 Å². The summed E-state index contributed by atoms with van der Waals surface area (Å²) in [4.78, 5) is 28.2. The normalized spacial score (nSPS) is 19.2. The molecule has 8 heteroatoms. The minimum Gasteiger partial charge on any atom is -0.457 e. The number of carbonyl (C=O) groups excluding carboxylic acids is 2. The number of benzene rings is 2. The molecule has 2 heterocycles. The molecule has 31 heavy (non-hydrogen) atoms. The number of piperidine rings is 1. The van der Waals surface area contributed by atoms with Crippen LogP contribution in [-0.2, 0) is 11.3 Å². The second-order valence-corrected chi connectivity index (χ2v) is 8.76. The topological polar surface area (TPSA) is 61.9 Å². The number of nitrogens with one attached hydrogen (secondary N) is 1. The highest BCUT2D eigenvalue weighted by molar-refractivity contribution is 6.42. The third-order valence-corrected chi connectivity index (χ3v) is 6.38. The molecular formula is C23H25Cl2N3O3. The molecule has 0 bridgehead atoms. The lowest BCUT2D eigenvalue weighted by Crippen LogP contribution is -2.39. The Balaban J connectivity index is 1.36. The van der Waals surface area contributed by atoms with E-state index in [-0.39, 0.29) is 18.5 Å². The molecular weight excluding hydrogens is 437 g/mol. The molecule has 1 unspecified atom stereocenters. The van der Waals surface area contributed by atoms with E-state index in [9.17, 15) is 9.59 Å². The zero-order valence-electron chi connectivity index (χ0n) is 17.2. The number of rotatable bonds is 7. The summed E-state index contributed by atoms with van der Waals surface area (Å²) in [5, 5.41) is 4.34. The van der Waals surface area contributed by atoms with Crippen molar-refractivity contribution < 1.29 is 14.3 Å². The number of ether oxygens (including phenoxy) is 1. The van der Waals surface area contributed by atoms with Crippen molar-refractivity contribution in [3.05, 3.63) is 58.1 Å². The first-order valence-corrected chi connectivity index (χ1v) is 11.3. The van der Waals surface area contributed by atoms with Gasteiger partial charge in [0.15, 0.2) is 0 Å². The number of amides is 3. The Morgan fingerprint density at radius 3 is 2.65 bits per heavy atom. The molecule has 0 spiro atoms. The molecule has 4 rings (SSSR count). The van der Waals surface area contributed by atoms with Crippen LogP contribution in [0.15, 0.2) is 42.5 Å². The van der Waals surface area contributed by atoms with Gasteiger partial charge in [0.1, 0.15) is 18.0 Å². The average molecular weight is 462 g/mol. The lowest BCUT2D eigenvalue weighted by Gasteiger charge is -2.25. The molecule has 3 amide bonds. The maximum atomic E-state index is 12.8.